The van der Waals surface area contributed by atoms with Crippen LogP contribution < -0.4 is 0 Å². The molecule has 1 aliphatic heterocycles. The summed E-state index contributed by atoms with van der Waals surface area (Å²) in [7, 11) is 0. The first-order chi connectivity index (χ1) is 5.11. The van der Waals surface area contributed by atoms with Crippen molar-refractivity contribution in [1.29, 1.82) is 0 Å². The van der Waals surface area contributed by atoms with Gasteiger partial charge in [-0.3, -0.25) is 4.99 Å². The molecule has 0 bridgehead atoms. The number of rotatable bonds is 1. The normalized spacial score (nSPS) is 23.9. The molecule has 60 valence electrons. The van der Waals surface area contributed by atoms with Crippen LogP contribution in [0.1, 0.15) is 6.42 Å². The van der Waals surface area contributed by atoms with Crippen molar-refractivity contribution in [2.24, 2.45) is 4.99 Å². The molecule has 0 saturated heterocycles. The molecule has 5 nitrogen and oxygen atoms in total. The number of carbonyl (C=O) groups is 1. The average Bonchev–Trinajstić information content (AvgIpc) is 1.85. The molecule has 0 aromatic rings. The Balaban J connectivity index is 2.88. The fourth-order valence-electron chi connectivity index (χ4n) is 0.749. The lowest BCUT2D eigenvalue weighted by atomic mass is 10.1. The van der Waals surface area contributed by atoms with Crippen LogP contribution in [0.25, 0.3) is 0 Å². The molecule has 0 aromatic carbocycles. The number of nitrogens with zero attached hydrogens (tertiary/aromatic N) is 1. The number of hydrogen-bond donors (Lipinski definition) is 3. The highest BCUT2D eigenvalue weighted by molar-refractivity contribution is 6.09. The molecule has 0 radical (unpaired) electrons. The highest BCUT2D eigenvalue weighted by Gasteiger charge is 2.18. The lowest BCUT2D eigenvalue weighted by molar-refractivity contribution is -0.132. The minimum absolute atomic E-state index is 0.127. The Bertz CT molecular complexity index is 243. The third-order valence-electron chi connectivity index (χ3n) is 1.29. The van der Waals surface area contributed by atoms with Gasteiger partial charge in [0.05, 0.1) is 6.42 Å². The number of dihydropyridines is 1. The number of carboxylic acid groups (broad SMARTS) is 1. The Labute approximate surface area is 62.3 Å². The van der Waals surface area contributed by atoms with Gasteiger partial charge < -0.3 is 15.3 Å². The van der Waals surface area contributed by atoms with Crippen LogP contribution in [-0.4, -0.2) is 33.7 Å². The zero-order valence-corrected chi connectivity index (χ0v) is 5.56. The molecular formula is C6H7NO4. The van der Waals surface area contributed by atoms with Crippen molar-refractivity contribution in [3.8, 4) is 0 Å². The Morgan fingerprint density at radius 3 is 2.82 bits per heavy atom. The topological polar surface area (TPSA) is 90.1 Å². The van der Waals surface area contributed by atoms with E-state index in [2.05, 4.69) is 4.99 Å². The molecule has 0 saturated carbocycles. The Morgan fingerprint density at radius 2 is 2.36 bits per heavy atom. The summed E-state index contributed by atoms with van der Waals surface area (Å²) < 4.78 is 0. The molecule has 0 aromatic heterocycles. The van der Waals surface area contributed by atoms with Gasteiger partial charge in [0.1, 0.15) is 11.3 Å². The minimum Gasteiger partial charge on any atom is -0.511 e. The summed E-state index contributed by atoms with van der Waals surface area (Å²) in [5, 5.41) is 26.2. The van der Waals surface area contributed by atoms with Gasteiger partial charge in [-0.25, -0.2) is 4.79 Å². The Hall–Kier alpha value is -1.36. The molecule has 11 heavy (non-hydrogen) atoms. The third-order valence-corrected chi connectivity index (χ3v) is 1.29. The smallest absolute Gasteiger partial charge is 0.340 e. The van der Waals surface area contributed by atoms with Crippen molar-refractivity contribution >= 4 is 12.2 Å². The van der Waals surface area contributed by atoms with Gasteiger partial charge in [0.2, 0.25) is 0 Å². The highest BCUT2D eigenvalue weighted by Crippen LogP contribution is 2.13. The van der Waals surface area contributed by atoms with E-state index in [1.165, 1.54) is 0 Å². The van der Waals surface area contributed by atoms with Crippen molar-refractivity contribution < 1.29 is 20.1 Å². The van der Waals surface area contributed by atoms with E-state index in [0.29, 0.717) is 0 Å². The van der Waals surface area contributed by atoms with Crippen molar-refractivity contribution in [1.82, 2.24) is 0 Å². The summed E-state index contributed by atoms with van der Waals surface area (Å²) >= 11 is 0. The second-order valence-electron chi connectivity index (χ2n) is 2.13. The molecule has 1 aliphatic rings. The number of aliphatic imine (C=N–C) groups is 1. The van der Waals surface area contributed by atoms with E-state index in [4.69, 9.17) is 15.3 Å². The SMILES string of the molecule is O=C(O)C1=C(O)CC(O)N=C1. The maximum Gasteiger partial charge on any atom is 0.340 e. The van der Waals surface area contributed by atoms with Crippen LogP contribution in [0.15, 0.2) is 16.3 Å². The Kier molecular flexibility index (Phi) is 1.91. The molecule has 1 unspecified atom stereocenters. The molecule has 5 heteroatoms. The van der Waals surface area contributed by atoms with Gasteiger partial charge in [-0.2, -0.15) is 0 Å². The predicted octanol–water partition coefficient (Wildman–Crippen LogP) is -0.324. The standard InChI is InChI=1S/C6H7NO4/c8-4-1-5(9)7-2-3(4)6(10)11/h2,5,8-9H,1H2,(H,10,11). The van der Waals surface area contributed by atoms with E-state index >= 15 is 0 Å². The average molecular weight is 157 g/mol. The molecule has 0 amide bonds. The first-order valence-corrected chi connectivity index (χ1v) is 2.98. The van der Waals surface area contributed by atoms with Crippen LogP contribution in [0.3, 0.4) is 0 Å². The molecular weight excluding hydrogens is 150 g/mol. The van der Waals surface area contributed by atoms with E-state index in [1.54, 1.807) is 0 Å². The van der Waals surface area contributed by atoms with Crippen molar-refractivity contribution in [2.75, 3.05) is 0 Å². The van der Waals surface area contributed by atoms with Gasteiger partial charge in [0.25, 0.3) is 0 Å². The fraction of sp³-hybridized carbons (Fsp3) is 0.333. The molecule has 0 spiro atoms. The third kappa shape index (κ3) is 1.56. The summed E-state index contributed by atoms with van der Waals surface area (Å²) in [6, 6.07) is 0. The first kappa shape index (κ1) is 7.74. The minimum atomic E-state index is -1.24. The van der Waals surface area contributed by atoms with E-state index in [9.17, 15) is 4.79 Å². The second kappa shape index (κ2) is 2.71. The van der Waals surface area contributed by atoms with Gasteiger partial charge in [0.15, 0.2) is 6.23 Å². The monoisotopic (exact) mass is 157 g/mol. The molecule has 1 heterocycles. The Morgan fingerprint density at radius 1 is 1.73 bits per heavy atom. The number of carboxylic acids is 1. The van der Waals surface area contributed by atoms with Crippen molar-refractivity contribution in [3.05, 3.63) is 11.3 Å². The van der Waals surface area contributed by atoms with Gasteiger partial charge >= 0.3 is 5.97 Å². The zero-order valence-electron chi connectivity index (χ0n) is 5.56. The van der Waals surface area contributed by atoms with Crippen LogP contribution in [0, 0.1) is 0 Å². The maximum absolute atomic E-state index is 10.3. The summed E-state index contributed by atoms with van der Waals surface area (Å²) in [4.78, 5) is 13.7. The molecule has 1 rings (SSSR count). The largest absolute Gasteiger partial charge is 0.511 e. The van der Waals surface area contributed by atoms with Crippen LogP contribution in [0.4, 0.5) is 0 Å². The maximum atomic E-state index is 10.3. The summed E-state index contributed by atoms with van der Waals surface area (Å²) in [5.41, 5.74) is -0.254. The zero-order chi connectivity index (χ0) is 8.43. The molecule has 3 N–H and O–H groups in total. The number of aliphatic hydroxyl groups excluding tert-OH is 2. The van der Waals surface area contributed by atoms with Gasteiger partial charge in [-0.1, -0.05) is 0 Å². The lowest BCUT2D eigenvalue weighted by Gasteiger charge is -2.10. The van der Waals surface area contributed by atoms with Crippen LogP contribution in [0.5, 0.6) is 0 Å². The first-order valence-electron chi connectivity index (χ1n) is 2.98. The number of aliphatic carboxylic acids is 1. The summed E-state index contributed by atoms with van der Waals surface area (Å²) in [6.07, 6.45) is -0.192. The predicted molar refractivity (Wildman–Crippen MR) is 36.4 cm³/mol. The van der Waals surface area contributed by atoms with Gasteiger partial charge in [-0.15, -0.1) is 0 Å². The molecule has 0 aliphatic carbocycles. The van der Waals surface area contributed by atoms with Crippen molar-refractivity contribution in [3.63, 3.8) is 0 Å². The second-order valence-corrected chi connectivity index (χ2v) is 2.13. The molecule has 0 fully saturated rings. The van der Waals surface area contributed by atoms with Crippen LogP contribution >= 0.6 is 0 Å². The highest BCUT2D eigenvalue weighted by atomic mass is 16.4. The summed E-state index contributed by atoms with van der Waals surface area (Å²) in [6.45, 7) is 0. The van der Waals surface area contributed by atoms with Gasteiger partial charge in [-0.05, 0) is 0 Å². The van der Waals surface area contributed by atoms with Gasteiger partial charge in [0, 0.05) is 6.21 Å². The van der Waals surface area contributed by atoms with E-state index in [-0.39, 0.29) is 17.8 Å². The van der Waals surface area contributed by atoms with Crippen molar-refractivity contribution in [2.45, 2.75) is 12.6 Å². The van der Waals surface area contributed by atoms with Crippen LogP contribution in [0.2, 0.25) is 0 Å². The van der Waals surface area contributed by atoms with Crippen LogP contribution in [-0.2, 0) is 4.79 Å². The number of hydrogen-bond acceptors (Lipinski definition) is 4. The van der Waals surface area contributed by atoms with E-state index in [0.717, 1.165) is 6.21 Å². The number of aliphatic hydroxyl groups is 2. The quantitative estimate of drug-likeness (QED) is 0.486. The van der Waals surface area contributed by atoms with E-state index in [1.807, 2.05) is 0 Å². The summed E-state index contributed by atoms with van der Waals surface area (Å²) in [5.74, 6) is -1.57. The van der Waals surface area contributed by atoms with E-state index < -0.39 is 12.2 Å². The fourth-order valence-corrected chi connectivity index (χ4v) is 0.749. The molecule has 1 atom stereocenters. The lowest BCUT2D eigenvalue weighted by Crippen LogP contribution is -2.16.